The Morgan fingerprint density at radius 1 is 1.12 bits per heavy atom. The maximum atomic E-state index is 6.04. The average molecular weight is 333 g/mol. The fraction of sp³-hybridized carbons (Fsp3) is 0.632. The molecular weight excluding hydrogens is 302 g/mol. The Morgan fingerprint density at radius 3 is 2.58 bits per heavy atom. The molecule has 0 bridgehead atoms. The first kappa shape index (κ1) is 18.7. The molecule has 0 spiro atoms. The highest BCUT2D eigenvalue weighted by atomic mass is 16.5. The molecule has 0 unspecified atom stereocenters. The summed E-state index contributed by atoms with van der Waals surface area (Å²) in [4.78, 5) is 6.65. The molecule has 1 fully saturated rings. The van der Waals surface area contributed by atoms with Crippen LogP contribution in [0.15, 0.2) is 35.3 Å². The molecule has 0 aromatic heterocycles. The van der Waals surface area contributed by atoms with E-state index in [4.69, 9.17) is 15.2 Å². The maximum Gasteiger partial charge on any atom is 0.191 e. The number of nitrogens with zero attached hydrogens (tertiary/aromatic N) is 2. The molecule has 134 valence electrons. The van der Waals surface area contributed by atoms with Gasteiger partial charge in [-0.2, -0.15) is 0 Å². The van der Waals surface area contributed by atoms with Gasteiger partial charge in [-0.1, -0.05) is 37.3 Å². The van der Waals surface area contributed by atoms with E-state index in [-0.39, 0.29) is 0 Å². The summed E-state index contributed by atoms with van der Waals surface area (Å²) in [6.07, 6.45) is 3.31. The maximum absolute atomic E-state index is 6.04. The predicted molar refractivity (Wildman–Crippen MR) is 98.0 cm³/mol. The van der Waals surface area contributed by atoms with Crippen LogP contribution in [-0.4, -0.2) is 50.3 Å². The van der Waals surface area contributed by atoms with Crippen LogP contribution in [0.5, 0.6) is 0 Å². The molecule has 5 nitrogen and oxygen atoms in total. The molecular formula is C19H31N3O2. The summed E-state index contributed by atoms with van der Waals surface area (Å²) in [7, 11) is 0. The van der Waals surface area contributed by atoms with Gasteiger partial charge in [0.1, 0.15) is 0 Å². The van der Waals surface area contributed by atoms with E-state index in [2.05, 4.69) is 28.9 Å². The third kappa shape index (κ3) is 7.32. The summed E-state index contributed by atoms with van der Waals surface area (Å²) in [6.45, 7) is 7.66. The van der Waals surface area contributed by atoms with Crippen molar-refractivity contribution < 1.29 is 9.47 Å². The van der Waals surface area contributed by atoms with Gasteiger partial charge in [0.25, 0.3) is 0 Å². The van der Waals surface area contributed by atoms with Gasteiger partial charge >= 0.3 is 0 Å². The van der Waals surface area contributed by atoms with Gasteiger partial charge in [0.2, 0.25) is 0 Å². The number of benzene rings is 1. The molecule has 24 heavy (non-hydrogen) atoms. The molecule has 0 atom stereocenters. The number of aliphatic imine (C=N–C) groups is 1. The van der Waals surface area contributed by atoms with Gasteiger partial charge in [0, 0.05) is 26.2 Å². The molecule has 0 saturated carbocycles. The highest BCUT2D eigenvalue weighted by molar-refractivity contribution is 5.78. The number of hydrogen-bond acceptors (Lipinski definition) is 3. The molecule has 1 aliphatic rings. The van der Waals surface area contributed by atoms with E-state index < -0.39 is 0 Å². The third-order valence-electron chi connectivity index (χ3n) is 4.31. The molecule has 1 aromatic rings. The van der Waals surface area contributed by atoms with E-state index in [1.165, 1.54) is 18.4 Å². The zero-order chi connectivity index (χ0) is 17.0. The van der Waals surface area contributed by atoms with E-state index in [1.807, 2.05) is 18.2 Å². The highest BCUT2D eigenvalue weighted by Crippen LogP contribution is 2.15. The van der Waals surface area contributed by atoms with Crippen molar-refractivity contribution in [1.29, 1.82) is 0 Å². The lowest BCUT2D eigenvalue weighted by molar-refractivity contribution is 0.0403. The Hall–Kier alpha value is -1.59. The van der Waals surface area contributed by atoms with Crippen molar-refractivity contribution in [2.75, 3.05) is 39.5 Å². The Morgan fingerprint density at radius 2 is 1.83 bits per heavy atom. The van der Waals surface area contributed by atoms with Gasteiger partial charge < -0.3 is 20.1 Å². The highest BCUT2D eigenvalue weighted by Gasteiger charge is 2.16. The summed E-state index contributed by atoms with van der Waals surface area (Å²) >= 11 is 0. The summed E-state index contributed by atoms with van der Waals surface area (Å²) in [6, 6.07) is 10.2. The zero-order valence-corrected chi connectivity index (χ0v) is 14.8. The van der Waals surface area contributed by atoms with Crippen molar-refractivity contribution >= 4 is 5.96 Å². The van der Waals surface area contributed by atoms with Crippen molar-refractivity contribution in [1.82, 2.24) is 4.90 Å². The largest absolute Gasteiger partial charge is 0.379 e. The Balaban J connectivity index is 1.44. The Kier molecular flexibility index (Phi) is 8.63. The lowest BCUT2D eigenvalue weighted by Crippen LogP contribution is -2.42. The van der Waals surface area contributed by atoms with Gasteiger partial charge in [-0.15, -0.1) is 0 Å². The van der Waals surface area contributed by atoms with Crippen molar-refractivity contribution in [3.05, 3.63) is 35.9 Å². The molecule has 1 aromatic carbocycles. The fourth-order valence-corrected chi connectivity index (χ4v) is 2.68. The van der Waals surface area contributed by atoms with Crippen LogP contribution in [0.1, 0.15) is 31.7 Å². The topological polar surface area (TPSA) is 60.1 Å². The molecule has 0 radical (unpaired) electrons. The number of guanidine groups is 1. The van der Waals surface area contributed by atoms with Crippen LogP contribution in [0.2, 0.25) is 0 Å². The molecule has 1 saturated heterocycles. The number of nitrogens with two attached hydrogens (primary N) is 1. The van der Waals surface area contributed by atoms with Crippen molar-refractivity contribution in [2.45, 2.75) is 32.8 Å². The number of piperidine rings is 1. The summed E-state index contributed by atoms with van der Waals surface area (Å²) in [5, 5.41) is 0. The van der Waals surface area contributed by atoms with Crippen LogP contribution in [0.25, 0.3) is 0 Å². The zero-order valence-electron chi connectivity index (χ0n) is 14.8. The SMILES string of the molecule is CC1CCN(C(N)=NCCCOCCOCc2ccccc2)CC1. The summed E-state index contributed by atoms with van der Waals surface area (Å²) < 4.78 is 11.1. The molecule has 0 amide bonds. The van der Waals surface area contributed by atoms with Crippen molar-refractivity contribution in [2.24, 2.45) is 16.6 Å². The van der Waals surface area contributed by atoms with Gasteiger partial charge in [0.05, 0.1) is 19.8 Å². The van der Waals surface area contributed by atoms with E-state index in [9.17, 15) is 0 Å². The number of rotatable bonds is 9. The minimum absolute atomic E-state index is 0.617. The second kappa shape index (κ2) is 11.0. The smallest absolute Gasteiger partial charge is 0.191 e. The molecule has 5 heteroatoms. The van der Waals surface area contributed by atoms with Crippen LogP contribution in [0.4, 0.5) is 0 Å². The summed E-state index contributed by atoms with van der Waals surface area (Å²) in [5.41, 5.74) is 7.23. The van der Waals surface area contributed by atoms with Gasteiger partial charge in [-0.3, -0.25) is 4.99 Å². The first-order valence-corrected chi connectivity index (χ1v) is 9.00. The third-order valence-corrected chi connectivity index (χ3v) is 4.31. The van der Waals surface area contributed by atoms with Gasteiger partial charge in [-0.25, -0.2) is 0 Å². The van der Waals surface area contributed by atoms with Crippen LogP contribution in [0, 0.1) is 5.92 Å². The molecule has 2 rings (SSSR count). The first-order valence-electron chi connectivity index (χ1n) is 9.00. The van der Waals surface area contributed by atoms with E-state index in [1.54, 1.807) is 0 Å². The van der Waals surface area contributed by atoms with E-state index in [0.29, 0.717) is 32.4 Å². The lowest BCUT2D eigenvalue weighted by Gasteiger charge is -2.31. The first-order chi connectivity index (χ1) is 11.8. The monoisotopic (exact) mass is 333 g/mol. The normalized spacial score (nSPS) is 16.5. The predicted octanol–water partition coefficient (Wildman–Crippen LogP) is 2.66. The van der Waals surface area contributed by atoms with Gasteiger partial charge in [0.15, 0.2) is 5.96 Å². The fourth-order valence-electron chi connectivity index (χ4n) is 2.68. The van der Waals surface area contributed by atoms with Crippen LogP contribution in [0.3, 0.4) is 0 Å². The Labute approximate surface area is 145 Å². The van der Waals surface area contributed by atoms with Crippen LogP contribution in [-0.2, 0) is 16.1 Å². The summed E-state index contributed by atoms with van der Waals surface area (Å²) in [5.74, 6) is 1.50. The van der Waals surface area contributed by atoms with E-state index >= 15 is 0 Å². The quantitative estimate of drug-likeness (QED) is 0.429. The second-order valence-corrected chi connectivity index (χ2v) is 6.41. The average Bonchev–Trinajstić information content (AvgIpc) is 2.61. The minimum Gasteiger partial charge on any atom is -0.379 e. The molecule has 0 aliphatic carbocycles. The molecule has 1 heterocycles. The lowest BCUT2D eigenvalue weighted by atomic mass is 10.00. The van der Waals surface area contributed by atoms with Crippen molar-refractivity contribution in [3.63, 3.8) is 0 Å². The standard InChI is InChI=1S/C19H31N3O2/c1-17-8-11-22(12-9-17)19(20)21-10-5-13-23-14-15-24-16-18-6-3-2-4-7-18/h2-4,6-7,17H,5,8-16H2,1H3,(H2,20,21). The second-order valence-electron chi connectivity index (χ2n) is 6.41. The van der Waals surface area contributed by atoms with E-state index in [0.717, 1.165) is 32.0 Å². The number of hydrogen-bond donors (Lipinski definition) is 1. The van der Waals surface area contributed by atoms with Crippen LogP contribution >= 0.6 is 0 Å². The minimum atomic E-state index is 0.617. The van der Waals surface area contributed by atoms with Crippen molar-refractivity contribution in [3.8, 4) is 0 Å². The van der Waals surface area contributed by atoms with Crippen LogP contribution < -0.4 is 5.73 Å². The number of likely N-dealkylation sites (tertiary alicyclic amines) is 1. The number of ether oxygens (including phenoxy) is 2. The van der Waals surface area contributed by atoms with Gasteiger partial charge in [-0.05, 0) is 30.7 Å². The Bertz CT molecular complexity index is 471. The molecule has 2 N–H and O–H groups in total. The molecule has 1 aliphatic heterocycles.